The maximum atomic E-state index is 13.7. The molecule has 0 aromatic heterocycles. The molecule has 174 valence electrons. The monoisotopic (exact) mass is 465 g/mol. The molecule has 3 aromatic rings. The van der Waals surface area contributed by atoms with Crippen molar-refractivity contribution in [1.82, 2.24) is 9.79 Å². The Hall–Kier alpha value is -3.00. The molecule has 0 saturated carbocycles. The second-order valence-electron chi connectivity index (χ2n) is 9.10. The van der Waals surface area contributed by atoms with Crippen LogP contribution in [-0.2, 0) is 28.5 Å². The predicted molar refractivity (Wildman–Crippen MR) is 130 cm³/mol. The fraction of sp³-hybridized carbons (Fsp3) is 0.269. The number of nitrogens with zero attached hydrogens (tertiary/aromatic N) is 1. The number of aryl methyl sites for hydroxylation is 1. The standard InChI is InChI=1S/C26H29N2O4S/c1-19-7-5-6-8-22(19)18-28(17-20-9-11-21(12-10-20)25(29)27-30)33(31,32)24-15-13-23(14-16-24)26(2,3)4/h5-16H,17-18H2,1-4H3,(H-,27,29,30)/q-1. The van der Waals surface area contributed by atoms with E-state index in [-0.39, 0.29) is 29.0 Å². The minimum Gasteiger partial charge on any atom is -0.759 e. The van der Waals surface area contributed by atoms with Gasteiger partial charge in [0.1, 0.15) is 0 Å². The lowest BCUT2D eigenvalue weighted by molar-refractivity contribution is 0.0970. The summed E-state index contributed by atoms with van der Waals surface area (Å²) in [4.78, 5) is 11.8. The van der Waals surface area contributed by atoms with E-state index >= 15 is 0 Å². The number of sulfonamides is 1. The molecule has 1 amide bonds. The first-order chi connectivity index (χ1) is 15.5. The number of nitrogens with one attached hydrogen (secondary N) is 1. The van der Waals surface area contributed by atoms with Gasteiger partial charge in [-0.2, -0.15) is 4.31 Å². The van der Waals surface area contributed by atoms with Gasteiger partial charge >= 0.3 is 0 Å². The van der Waals surface area contributed by atoms with Crippen LogP contribution in [-0.4, -0.2) is 18.6 Å². The molecule has 0 atom stereocenters. The first-order valence-electron chi connectivity index (χ1n) is 10.7. The molecule has 0 fully saturated rings. The number of hydrogen-bond donors (Lipinski definition) is 1. The molecule has 0 aliphatic heterocycles. The van der Waals surface area contributed by atoms with Crippen molar-refractivity contribution in [3.05, 3.63) is 106 Å². The van der Waals surface area contributed by atoms with Crippen molar-refractivity contribution in [2.45, 2.75) is 51.1 Å². The summed E-state index contributed by atoms with van der Waals surface area (Å²) in [6.07, 6.45) is 0. The smallest absolute Gasteiger partial charge is 0.243 e. The normalized spacial score (nSPS) is 12.1. The molecule has 33 heavy (non-hydrogen) atoms. The quantitative estimate of drug-likeness (QED) is 0.502. The van der Waals surface area contributed by atoms with Crippen molar-refractivity contribution in [3.8, 4) is 0 Å². The third-order valence-electron chi connectivity index (χ3n) is 5.63. The van der Waals surface area contributed by atoms with Crippen molar-refractivity contribution in [2.24, 2.45) is 0 Å². The van der Waals surface area contributed by atoms with Crippen LogP contribution in [0.15, 0.2) is 77.7 Å². The van der Waals surface area contributed by atoms with E-state index in [0.717, 1.165) is 16.7 Å². The fourth-order valence-electron chi connectivity index (χ4n) is 3.50. The molecule has 3 aromatic carbocycles. The Morgan fingerprint density at radius 1 is 0.909 bits per heavy atom. The summed E-state index contributed by atoms with van der Waals surface area (Å²) in [5.41, 5.74) is 5.16. The van der Waals surface area contributed by atoms with Crippen LogP contribution >= 0.6 is 0 Å². The van der Waals surface area contributed by atoms with Gasteiger partial charge in [-0.15, -0.1) is 0 Å². The lowest BCUT2D eigenvalue weighted by atomic mass is 9.87. The van der Waals surface area contributed by atoms with E-state index in [4.69, 9.17) is 0 Å². The Kier molecular flexibility index (Phi) is 7.37. The van der Waals surface area contributed by atoms with Gasteiger partial charge in [-0.05, 0) is 58.9 Å². The Bertz CT molecular complexity index is 1210. The Morgan fingerprint density at radius 2 is 1.52 bits per heavy atom. The molecule has 0 aliphatic rings. The molecule has 3 rings (SSSR count). The zero-order valence-electron chi connectivity index (χ0n) is 19.3. The van der Waals surface area contributed by atoms with Gasteiger partial charge in [-0.25, -0.2) is 8.42 Å². The maximum absolute atomic E-state index is 13.7. The SMILES string of the molecule is Cc1ccccc1CN(Cc1ccc(C(=O)N[O-])cc1)S(=O)(=O)c1ccc(C(C)(C)C)cc1. The van der Waals surface area contributed by atoms with Crippen molar-refractivity contribution in [3.63, 3.8) is 0 Å². The first kappa shape index (κ1) is 24.6. The number of hydroxylamine groups is 1. The summed E-state index contributed by atoms with van der Waals surface area (Å²) in [7, 11) is -3.80. The highest BCUT2D eigenvalue weighted by Crippen LogP contribution is 2.27. The van der Waals surface area contributed by atoms with Crippen LogP contribution in [0, 0.1) is 12.1 Å². The Morgan fingerprint density at radius 3 is 2.06 bits per heavy atom. The van der Waals surface area contributed by atoms with Crippen LogP contribution in [0.5, 0.6) is 0 Å². The summed E-state index contributed by atoms with van der Waals surface area (Å²) in [6, 6.07) is 21.1. The Balaban J connectivity index is 1.97. The van der Waals surface area contributed by atoms with E-state index in [9.17, 15) is 18.4 Å². The zero-order valence-corrected chi connectivity index (χ0v) is 20.1. The predicted octanol–water partition coefficient (Wildman–Crippen LogP) is 4.91. The topological polar surface area (TPSA) is 89.5 Å². The molecule has 0 radical (unpaired) electrons. The van der Waals surface area contributed by atoms with E-state index in [1.807, 2.05) is 43.3 Å². The molecule has 6 nitrogen and oxygen atoms in total. The van der Waals surface area contributed by atoms with Gasteiger partial charge in [0, 0.05) is 18.7 Å². The van der Waals surface area contributed by atoms with Crippen molar-refractivity contribution in [1.29, 1.82) is 0 Å². The molecule has 0 bridgehead atoms. The number of benzene rings is 3. The van der Waals surface area contributed by atoms with Crippen LogP contribution in [0.3, 0.4) is 0 Å². The summed E-state index contributed by atoms with van der Waals surface area (Å²) >= 11 is 0. The molecule has 0 spiro atoms. The van der Waals surface area contributed by atoms with E-state index in [1.165, 1.54) is 21.9 Å². The number of amides is 1. The largest absolute Gasteiger partial charge is 0.759 e. The van der Waals surface area contributed by atoms with Crippen molar-refractivity contribution < 1.29 is 13.2 Å². The van der Waals surface area contributed by atoms with Crippen molar-refractivity contribution in [2.75, 3.05) is 0 Å². The lowest BCUT2D eigenvalue weighted by Crippen LogP contribution is -2.30. The van der Waals surface area contributed by atoms with Gasteiger partial charge in [-0.1, -0.05) is 69.3 Å². The zero-order chi connectivity index (χ0) is 24.2. The summed E-state index contributed by atoms with van der Waals surface area (Å²) in [5.74, 6) is -0.732. The van der Waals surface area contributed by atoms with Crippen LogP contribution in [0.4, 0.5) is 0 Å². The van der Waals surface area contributed by atoms with Crippen LogP contribution in [0.1, 0.15) is 53.4 Å². The molecular formula is C26H29N2O4S-. The van der Waals surface area contributed by atoms with Gasteiger partial charge in [0.15, 0.2) is 0 Å². The van der Waals surface area contributed by atoms with Crippen LogP contribution in [0.2, 0.25) is 0 Å². The number of carbonyl (C=O) groups excluding carboxylic acids is 1. The third-order valence-corrected chi connectivity index (χ3v) is 7.44. The average Bonchev–Trinajstić information content (AvgIpc) is 2.79. The highest BCUT2D eigenvalue weighted by molar-refractivity contribution is 7.89. The molecule has 1 N–H and O–H groups in total. The summed E-state index contributed by atoms with van der Waals surface area (Å²) in [5, 5.41) is 10.6. The minimum absolute atomic E-state index is 0.0821. The van der Waals surface area contributed by atoms with Crippen LogP contribution in [0.25, 0.3) is 0 Å². The average molecular weight is 466 g/mol. The number of carbonyl (C=O) groups is 1. The fourth-order valence-corrected chi connectivity index (χ4v) is 4.91. The molecule has 7 heteroatoms. The second kappa shape index (κ2) is 9.87. The highest BCUT2D eigenvalue weighted by Gasteiger charge is 2.26. The summed E-state index contributed by atoms with van der Waals surface area (Å²) < 4.78 is 28.7. The first-order valence-corrected chi connectivity index (χ1v) is 12.1. The molecular weight excluding hydrogens is 436 g/mol. The van der Waals surface area contributed by atoms with E-state index < -0.39 is 15.9 Å². The minimum atomic E-state index is -3.80. The molecule has 0 aliphatic carbocycles. The van der Waals surface area contributed by atoms with Gasteiger partial charge in [0.05, 0.1) is 4.90 Å². The molecule has 0 saturated heterocycles. The second-order valence-corrected chi connectivity index (χ2v) is 11.0. The Labute approximate surface area is 195 Å². The molecule has 0 unspecified atom stereocenters. The highest BCUT2D eigenvalue weighted by atomic mass is 32.2. The maximum Gasteiger partial charge on any atom is 0.243 e. The van der Waals surface area contributed by atoms with E-state index in [2.05, 4.69) is 20.8 Å². The number of rotatable bonds is 7. The van der Waals surface area contributed by atoms with E-state index in [1.54, 1.807) is 24.3 Å². The van der Waals surface area contributed by atoms with Gasteiger partial charge in [0.2, 0.25) is 15.9 Å². The van der Waals surface area contributed by atoms with Gasteiger partial charge < -0.3 is 10.7 Å². The lowest BCUT2D eigenvalue weighted by Gasteiger charge is -2.24. The van der Waals surface area contributed by atoms with Gasteiger partial charge in [0.25, 0.3) is 0 Å². The summed E-state index contributed by atoms with van der Waals surface area (Å²) in [6.45, 7) is 8.53. The molecule has 0 heterocycles. The third kappa shape index (κ3) is 5.87. The van der Waals surface area contributed by atoms with Crippen molar-refractivity contribution >= 4 is 15.9 Å². The number of hydrogen-bond acceptors (Lipinski definition) is 4. The van der Waals surface area contributed by atoms with E-state index in [0.29, 0.717) is 5.56 Å². The van der Waals surface area contributed by atoms with Crippen LogP contribution < -0.4 is 5.48 Å². The van der Waals surface area contributed by atoms with Gasteiger partial charge in [-0.3, -0.25) is 4.79 Å².